The Kier molecular flexibility index (Phi) is 3.28. The van der Waals surface area contributed by atoms with E-state index in [1.54, 1.807) is 11.1 Å². The van der Waals surface area contributed by atoms with Gasteiger partial charge in [0.2, 0.25) is 11.8 Å². The number of fused-ring (bicyclic) bond motifs is 5. The molecule has 1 heterocycles. The number of hydrogen-bond acceptors (Lipinski definition) is 2. The number of rotatable bonds is 1. The molecule has 0 bridgehead atoms. The molecule has 0 radical (unpaired) electrons. The lowest BCUT2D eigenvalue weighted by Gasteiger charge is -2.34. The predicted molar refractivity (Wildman–Crippen MR) is 95.3 cm³/mol. The first-order valence-corrected chi connectivity index (χ1v) is 9.82. The van der Waals surface area contributed by atoms with Crippen molar-refractivity contribution in [1.82, 2.24) is 0 Å². The van der Waals surface area contributed by atoms with Gasteiger partial charge < -0.3 is 0 Å². The number of benzene rings is 1. The van der Waals surface area contributed by atoms with E-state index < -0.39 is 0 Å². The minimum atomic E-state index is -0.117. The molecule has 1 saturated heterocycles. The molecule has 0 aromatic heterocycles. The second-order valence-corrected chi connectivity index (χ2v) is 8.42. The van der Waals surface area contributed by atoms with Crippen molar-refractivity contribution in [3.8, 4) is 0 Å². The summed E-state index contributed by atoms with van der Waals surface area (Å²) in [6.07, 6.45) is 6.81. The van der Waals surface area contributed by atoms with Gasteiger partial charge in [-0.2, -0.15) is 0 Å². The average Bonchev–Trinajstić information content (AvgIpc) is 3.26. The number of nitrogens with zero attached hydrogens (tertiary/aromatic N) is 1. The summed E-state index contributed by atoms with van der Waals surface area (Å²) in [7, 11) is 0. The van der Waals surface area contributed by atoms with Gasteiger partial charge in [0.15, 0.2) is 0 Å². The van der Waals surface area contributed by atoms with Gasteiger partial charge in [-0.3, -0.25) is 9.59 Å². The second-order valence-electron chi connectivity index (χ2n) is 7.56. The van der Waals surface area contributed by atoms with E-state index in [-0.39, 0.29) is 23.7 Å². The Hall–Kier alpha value is -1.42. The van der Waals surface area contributed by atoms with Crippen molar-refractivity contribution in [3.63, 3.8) is 0 Å². The zero-order valence-corrected chi connectivity index (χ0v) is 15.1. The van der Waals surface area contributed by atoms with Gasteiger partial charge in [0.05, 0.1) is 17.5 Å². The summed E-state index contributed by atoms with van der Waals surface area (Å²) in [5.74, 6) is 0.481. The van der Waals surface area contributed by atoms with Gasteiger partial charge >= 0.3 is 0 Å². The summed E-state index contributed by atoms with van der Waals surface area (Å²) in [6.45, 7) is 0. The van der Waals surface area contributed by atoms with E-state index in [0.29, 0.717) is 17.5 Å². The van der Waals surface area contributed by atoms with E-state index in [4.69, 9.17) is 0 Å². The Labute approximate surface area is 150 Å². The third-order valence-corrected chi connectivity index (χ3v) is 7.26. The molecule has 24 heavy (non-hydrogen) atoms. The van der Waals surface area contributed by atoms with Crippen LogP contribution in [-0.4, -0.2) is 11.8 Å². The number of amides is 2. The summed E-state index contributed by atoms with van der Waals surface area (Å²) in [6, 6.07) is 7.58. The first-order valence-electron chi connectivity index (χ1n) is 9.02. The van der Waals surface area contributed by atoms with Crippen LogP contribution in [0, 0.1) is 23.7 Å². The Bertz CT molecular complexity index is 742. The lowest BCUT2D eigenvalue weighted by Crippen LogP contribution is -2.35. The van der Waals surface area contributed by atoms with E-state index in [0.717, 1.165) is 30.2 Å². The first kappa shape index (κ1) is 14.9. The van der Waals surface area contributed by atoms with E-state index in [9.17, 15) is 9.59 Å². The van der Waals surface area contributed by atoms with E-state index in [2.05, 4.69) is 15.9 Å². The molecule has 2 amide bonds. The zero-order chi connectivity index (χ0) is 16.4. The Balaban J connectivity index is 1.63. The van der Waals surface area contributed by atoms with Crippen molar-refractivity contribution in [2.75, 3.05) is 4.90 Å². The highest BCUT2D eigenvalue weighted by molar-refractivity contribution is 9.10. The van der Waals surface area contributed by atoms with Crippen LogP contribution in [0.15, 0.2) is 39.9 Å². The minimum Gasteiger partial charge on any atom is -0.274 e. The molecule has 0 spiro atoms. The fourth-order valence-electron chi connectivity index (χ4n) is 5.76. The van der Waals surface area contributed by atoms with Crippen LogP contribution in [0.2, 0.25) is 0 Å². The smallest absolute Gasteiger partial charge is 0.238 e. The van der Waals surface area contributed by atoms with Crippen molar-refractivity contribution >= 4 is 33.4 Å². The summed E-state index contributed by atoms with van der Waals surface area (Å²) >= 11 is 3.52. The van der Waals surface area contributed by atoms with Gasteiger partial charge in [-0.25, -0.2) is 4.90 Å². The molecule has 1 aromatic rings. The van der Waals surface area contributed by atoms with Crippen LogP contribution in [0.25, 0.3) is 0 Å². The molecule has 4 atom stereocenters. The van der Waals surface area contributed by atoms with E-state index >= 15 is 0 Å². The normalized spacial score (nSPS) is 34.6. The van der Waals surface area contributed by atoms with Crippen molar-refractivity contribution in [2.45, 2.75) is 38.5 Å². The maximum absolute atomic E-state index is 13.3. The molecule has 124 valence electrons. The Morgan fingerprint density at radius 3 is 1.96 bits per heavy atom. The van der Waals surface area contributed by atoms with Crippen LogP contribution in [-0.2, 0) is 9.59 Å². The number of imide groups is 1. The topological polar surface area (TPSA) is 37.4 Å². The van der Waals surface area contributed by atoms with Crippen molar-refractivity contribution in [1.29, 1.82) is 0 Å². The molecule has 4 unspecified atom stereocenters. The summed E-state index contributed by atoms with van der Waals surface area (Å²) in [5.41, 5.74) is 3.81. The number of carbonyl (C=O) groups is 2. The quantitative estimate of drug-likeness (QED) is 0.528. The van der Waals surface area contributed by atoms with Crippen LogP contribution >= 0.6 is 15.9 Å². The van der Waals surface area contributed by atoms with Crippen LogP contribution in [0.1, 0.15) is 38.5 Å². The minimum absolute atomic E-state index is 0.0345. The maximum atomic E-state index is 13.3. The molecule has 1 aromatic carbocycles. The van der Waals surface area contributed by atoms with Crippen LogP contribution in [0.4, 0.5) is 5.69 Å². The van der Waals surface area contributed by atoms with Gasteiger partial charge in [0, 0.05) is 4.47 Å². The highest BCUT2D eigenvalue weighted by Crippen LogP contribution is 2.58. The van der Waals surface area contributed by atoms with E-state index in [1.807, 2.05) is 24.3 Å². The summed E-state index contributed by atoms with van der Waals surface area (Å²) < 4.78 is 0.816. The lowest BCUT2D eigenvalue weighted by molar-refractivity contribution is -0.122. The molecule has 0 N–H and O–H groups in total. The van der Waals surface area contributed by atoms with Crippen LogP contribution in [0.5, 0.6) is 0 Å². The summed E-state index contributed by atoms with van der Waals surface area (Å²) in [4.78, 5) is 28.1. The van der Waals surface area contributed by atoms with Crippen molar-refractivity contribution in [3.05, 3.63) is 39.9 Å². The molecule has 3 fully saturated rings. The predicted octanol–water partition coefficient (Wildman–Crippen LogP) is 4.47. The number of hydrogen-bond donors (Lipinski definition) is 0. The summed E-state index contributed by atoms with van der Waals surface area (Å²) in [5, 5.41) is 0. The molecule has 4 heteroatoms. The standard InChI is InChI=1S/C20H20BrNO2/c21-15-9-1-2-10-16(15)22-19(23)17-13-7-3-5-11(13)12-6-4-8-14(12)18(17)20(22)24/h1-2,9-10,13-14,17-18H,3-8H2. The number of halogens is 1. The van der Waals surface area contributed by atoms with E-state index in [1.165, 1.54) is 17.7 Å². The highest BCUT2D eigenvalue weighted by Gasteiger charge is 2.59. The zero-order valence-electron chi connectivity index (χ0n) is 13.5. The number of carbonyl (C=O) groups excluding carboxylic acids is 2. The molecular weight excluding hydrogens is 366 g/mol. The number of para-hydroxylation sites is 1. The fraction of sp³-hybridized carbons (Fsp3) is 0.500. The van der Waals surface area contributed by atoms with Gasteiger partial charge in [0.1, 0.15) is 0 Å². The molecule has 4 aliphatic rings. The van der Waals surface area contributed by atoms with Gasteiger partial charge in [-0.1, -0.05) is 23.3 Å². The highest BCUT2D eigenvalue weighted by atomic mass is 79.9. The van der Waals surface area contributed by atoms with Gasteiger partial charge in [0.25, 0.3) is 0 Å². The average molecular weight is 386 g/mol. The van der Waals surface area contributed by atoms with Gasteiger partial charge in [-0.05, 0) is 78.4 Å². The molecular formula is C20H20BrNO2. The van der Waals surface area contributed by atoms with Crippen LogP contribution in [0.3, 0.4) is 0 Å². The first-order chi connectivity index (χ1) is 11.7. The largest absolute Gasteiger partial charge is 0.274 e. The Morgan fingerprint density at radius 1 is 0.875 bits per heavy atom. The number of anilines is 1. The SMILES string of the molecule is O=C1C2C3CCCC3=C3CCCC3C2C(=O)N1c1ccccc1Br. The second kappa shape index (κ2) is 5.29. The maximum Gasteiger partial charge on any atom is 0.238 e. The Morgan fingerprint density at radius 2 is 1.42 bits per heavy atom. The molecule has 5 rings (SSSR count). The number of allylic oxidation sites excluding steroid dienone is 2. The van der Waals surface area contributed by atoms with Gasteiger partial charge in [-0.15, -0.1) is 0 Å². The molecule has 2 saturated carbocycles. The lowest BCUT2D eigenvalue weighted by atomic mass is 9.66. The molecule has 1 aliphatic heterocycles. The molecule has 3 aliphatic carbocycles. The van der Waals surface area contributed by atoms with Crippen molar-refractivity contribution in [2.24, 2.45) is 23.7 Å². The van der Waals surface area contributed by atoms with Crippen LogP contribution < -0.4 is 4.90 Å². The third-order valence-electron chi connectivity index (χ3n) is 6.59. The fourth-order valence-corrected chi connectivity index (χ4v) is 6.23. The van der Waals surface area contributed by atoms with Crippen molar-refractivity contribution < 1.29 is 9.59 Å². The third kappa shape index (κ3) is 1.83. The monoisotopic (exact) mass is 385 g/mol. The molecule has 3 nitrogen and oxygen atoms in total.